The van der Waals surface area contributed by atoms with Gasteiger partial charge >= 0.3 is 36.2 Å². The number of aliphatic imine (C=N–C) groups is 2. The minimum atomic E-state index is -5.08. The first-order chi connectivity index (χ1) is 25.6. The first kappa shape index (κ1) is 51.5. The first-order valence-corrected chi connectivity index (χ1v) is 15.5. The second kappa shape index (κ2) is 24.6. The van der Waals surface area contributed by atoms with Crippen LogP contribution in [0.4, 0.5) is 32.0 Å². The van der Waals surface area contributed by atoms with Crippen LogP contribution in [0.2, 0.25) is 0 Å². The molecule has 0 bridgehead atoms. The van der Waals surface area contributed by atoms with Gasteiger partial charge < -0.3 is 59.3 Å². The molecule has 0 aromatic heterocycles. The summed E-state index contributed by atoms with van der Waals surface area (Å²) in [6.45, 7) is 3.57. The quantitative estimate of drug-likeness (QED) is 0.0324. The lowest BCUT2D eigenvalue weighted by atomic mass is 9.97. The zero-order valence-electron chi connectivity index (χ0n) is 29.4. The molecule has 20 nitrogen and oxygen atoms in total. The van der Waals surface area contributed by atoms with E-state index >= 15 is 0 Å². The lowest BCUT2D eigenvalue weighted by Crippen LogP contribution is -2.57. The number of aliphatic carboxylic acids is 4. The van der Waals surface area contributed by atoms with Crippen molar-refractivity contribution in [2.24, 2.45) is 38.8 Å². The Labute approximate surface area is 313 Å². The lowest BCUT2D eigenvalue weighted by molar-refractivity contribution is -0.193. The van der Waals surface area contributed by atoms with Gasteiger partial charge in [0, 0.05) is 12.6 Å². The summed E-state index contributed by atoms with van der Waals surface area (Å²) in [5.41, 5.74) is 22.3. The number of hydrogen-bond donors (Lipinski definition) is 11. The summed E-state index contributed by atoms with van der Waals surface area (Å²) in [6.07, 6.45) is -7.71. The molecule has 0 saturated heterocycles. The van der Waals surface area contributed by atoms with E-state index in [0.29, 0.717) is 17.7 Å². The fourth-order valence-electron chi connectivity index (χ4n) is 3.56. The van der Waals surface area contributed by atoms with Gasteiger partial charge in [0.2, 0.25) is 17.7 Å². The Morgan fingerprint density at radius 1 is 0.768 bits per heavy atom. The van der Waals surface area contributed by atoms with Crippen molar-refractivity contribution in [3.63, 3.8) is 0 Å². The van der Waals surface area contributed by atoms with Crippen LogP contribution in [0.5, 0.6) is 0 Å². The fraction of sp³-hybridized carbons (Fsp3) is 0.433. The van der Waals surface area contributed by atoms with Gasteiger partial charge in [-0.2, -0.15) is 26.3 Å². The highest BCUT2D eigenvalue weighted by atomic mass is 19.4. The second-order valence-corrected chi connectivity index (χ2v) is 10.9. The Morgan fingerprint density at radius 2 is 1.27 bits per heavy atom. The van der Waals surface area contributed by atoms with E-state index in [9.17, 15) is 60.5 Å². The summed E-state index contributed by atoms with van der Waals surface area (Å²) in [5, 5.41) is 40.3. The standard InChI is InChI=1S/C26H39N9O7.2C2HF3O2/c1-3-14(2)21(23(40)34-17(24(41)42)5-4-12-31-25(27)28)35-22(39)18(13-20(37)38)33-19(36)11-8-15-6-9-16(10-7-15)32-26(29)30;2*3-2(4,5)1(6)7/h6-11,14,17-18,21H,3-5,12-13H2,1-2H3,(H,33,36)(H,34,40)(H,35,39)(H,37,38)(H,41,42)(H4,27,28,31)(H4,29,30,32);2*(H,6,7)/t14-,17-,18-,21-;;/m0../s1. The van der Waals surface area contributed by atoms with Gasteiger partial charge in [-0.1, -0.05) is 32.4 Å². The third kappa shape index (κ3) is 23.8. The molecule has 314 valence electrons. The van der Waals surface area contributed by atoms with Crippen LogP contribution in [0.25, 0.3) is 6.08 Å². The van der Waals surface area contributed by atoms with Crippen LogP contribution in [0, 0.1) is 5.92 Å². The molecule has 0 unspecified atom stereocenters. The molecule has 15 N–H and O–H groups in total. The van der Waals surface area contributed by atoms with Gasteiger partial charge in [-0.15, -0.1) is 0 Å². The molecule has 0 spiro atoms. The highest BCUT2D eigenvalue weighted by molar-refractivity contribution is 5.98. The summed E-state index contributed by atoms with van der Waals surface area (Å²) in [5.74, 6) is -11.4. The molecular formula is C30H41F6N9O11. The summed E-state index contributed by atoms with van der Waals surface area (Å²) in [7, 11) is 0. The molecule has 1 aromatic carbocycles. The summed E-state index contributed by atoms with van der Waals surface area (Å²) >= 11 is 0. The molecule has 56 heavy (non-hydrogen) atoms. The van der Waals surface area contributed by atoms with Crippen LogP contribution in [-0.2, 0) is 33.6 Å². The van der Waals surface area contributed by atoms with E-state index in [0.717, 1.165) is 6.08 Å². The molecule has 0 radical (unpaired) electrons. The number of hydrogen-bond acceptors (Lipinski definition) is 9. The molecular weight excluding hydrogens is 776 g/mol. The molecule has 0 aliphatic heterocycles. The number of carboxylic acid groups (broad SMARTS) is 4. The Bertz CT molecular complexity index is 1570. The normalized spacial score (nSPS) is 13.0. The number of amides is 3. The smallest absolute Gasteiger partial charge is 0.481 e. The molecule has 0 heterocycles. The first-order valence-electron chi connectivity index (χ1n) is 15.5. The van der Waals surface area contributed by atoms with Gasteiger partial charge in [0.15, 0.2) is 11.9 Å². The number of guanidine groups is 2. The molecule has 0 fully saturated rings. The number of carbonyl (C=O) groups excluding carboxylic acids is 3. The molecule has 1 rings (SSSR count). The van der Waals surface area contributed by atoms with E-state index in [1.165, 1.54) is 6.08 Å². The van der Waals surface area contributed by atoms with Crippen LogP contribution < -0.4 is 38.9 Å². The van der Waals surface area contributed by atoms with Gasteiger partial charge in [0.25, 0.3) is 0 Å². The topological polar surface area (TPSA) is 365 Å². The minimum absolute atomic E-state index is 0.0140. The monoisotopic (exact) mass is 817 g/mol. The van der Waals surface area contributed by atoms with E-state index < -0.39 is 84.4 Å². The van der Waals surface area contributed by atoms with Crippen LogP contribution in [-0.4, -0.2) is 111 Å². The van der Waals surface area contributed by atoms with E-state index in [2.05, 4.69) is 25.9 Å². The number of carbonyl (C=O) groups is 7. The van der Waals surface area contributed by atoms with Gasteiger partial charge in [0.1, 0.15) is 18.1 Å². The number of halogens is 6. The molecule has 0 saturated carbocycles. The third-order valence-electron chi connectivity index (χ3n) is 6.43. The van der Waals surface area contributed by atoms with Crippen LogP contribution >= 0.6 is 0 Å². The Balaban J connectivity index is 0. The van der Waals surface area contributed by atoms with Crippen LogP contribution in [0.1, 0.15) is 45.1 Å². The zero-order chi connectivity index (χ0) is 44.0. The van der Waals surface area contributed by atoms with E-state index in [1.807, 2.05) is 0 Å². The number of rotatable bonds is 17. The molecule has 1 aromatic rings. The second-order valence-electron chi connectivity index (χ2n) is 10.9. The number of nitrogens with one attached hydrogen (secondary N) is 3. The number of nitrogens with two attached hydrogens (primary N) is 4. The predicted octanol–water partition coefficient (Wildman–Crippen LogP) is -0.0153. The highest BCUT2D eigenvalue weighted by Crippen LogP contribution is 2.15. The number of nitrogens with zero attached hydrogens (tertiary/aromatic N) is 2. The molecule has 26 heteroatoms. The van der Waals surface area contributed by atoms with E-state index in [4.69, 9.17) is 42.7 Å². The Morgan fingerprint density at radius 3 is 1.66 bits per heavy atom. The maximum Gasteiger partial charge on any atom is 0.490 e. The van der Waals surface area contributed by atoms with Crippen molar-refractivity contribution < 1.29 is 80.3 Å². The maximum atomic E-state index is 13.1. The lowest BCUT2D eigenvalue weighted by Gasteiger charge is -2.27. The fourth-order valence-corrected chi connectivity index (χ4v) is 3.56. The van der Waals surface area contributed by atoms with Crippen molar-refractivity contribution in [1.82, 2.24) is 16.0 Å². The maximum absolute atomic E-state index is 13.1. The van der Waals surface area contributed by atoms with E-state index in [-0.39, 0.29) is 31.3 Å². The average molecular weight is 818 g/mol. The van der Waals surface area contributed by atoms with Crippen LogP contribution in [0.15, 0.2) is 40.3 Å². The summed E-state index contributed by atoms with van der Waals surface area (Å²) in [4.78, 5) is 87.2. The molecule has 0 aliphatic carbocycles. The molecule has 3 amide bonds. The Hall–Kier alpha value is -6.63. The molecule has 4 atom stereocenters. The van der Waals surface area contributed by atoms with Crippen molar-refractivity contribution in [3.8, 4) is 0 Å². The summed E-state index contributed by atoms with van der Waals surface area (Å²) < 4.78 is 63.5. The summed E-state index contributed by atoms with van der Waals surface area (Å²) in [6, 6.07) is 2.45. The van der Waals surface area contributed by atoms with E-state index in [1.54, 1.807) is 38.1 Å². The number of carboxylic acids is 4. The zero-order valence-corrected chi connectivity index (χ0v) is 29.4. The Kier molecular flexibility index (Phi) is 22.6. The minimum Gasteiger partial charge on any atom is -0.481 e. The highest BCUT2D eigenvalue weighted by Gasteiger charge is 2.39. The van der Waals surface area contributed by atoms with Crippen LogP contribution in [0.3, 0.4) is 0 Å². The van der Waals surface area contributed by atoms with Crippen molar-refractivity contribution >= 4 is 65.3 Å². The van der Waals surface area contributed by atoms with Gasteiger partial charge in [-0.3, -0.25) is 24.2 Å². The number of alkyl halides is 6. The van der Waals surface area contributed by atoms with Crippen molar-refractivity contribution in [1.29, 1.82) is 0 Å². The largest absolute Gasteiger partial charge is 0.490 e. The van der Waals surface area contributed by atoms with Crippen molar-refractivity contribution in [2.75, 3.05) is 6.54 Å². The van der Waals surface area contributed by atoms with Gasteiger partial charge in [-0.05, 0) is 42.5 Å². The van der Waals surface area contributed by atoms with Crippen molar-refractivity contribution in [2.45, 2.75) is 70.0 Å². The SMILES string of the molecule is CC[C@H](C)[C@H](NC(=O)[C@H](CC(=O)O)NC(=O)C=Cc1ccc(N=C(N)N)cc1)C(=O)N[C@@H](CCCN=C(N)N)C(=O)O.O=C(O)C(F)(F)F.O=C(O)C(F)(F)F. The van der Waals surface area contributed by atoms with Crippen molar-refractivity contribution in [3.05, 3.63) is 35.9 Å². The third-order valence-corrected chi connectivity index (χ3v) is 6.43. The number of benzene rings is 1. The molecule has 0 aliphatic rings. The van der Waals surface area contributed by atoms with Gasteiger partial charge in [0.05, 0.1) is 12.1 Å². The average Bonchev–Trinajstić information content (AvgIpc) is 3.06. The van der Waals surface area contributed by atoms with Gasteiger partial charge in [-0.25, -0.2) is 19.4 Å². The predicted molar refractivity (Wildman–Crippen MR) is 183 cm³/mol.